The molecule has 138 valence electrons. The number of nitrogens with zero attached hydrogens (tertiary/aromatic N) is 2. The molecule has 26 heavy (non-hydrogen) atoms. The molecular weight excluding hydrogens is 354 g/mol. The van der Waals surface area contributed by atoms with E-state index in [1.807, 2.05) is 24.3 Å². The van der Waals surface area contributed by atoms with Gasteiger partial charge in [-0.2, -0.15) is 0 Å². The second-order valence-corrected chi connectivity index (χ2v) is 7.58. The average molecular weight is 375 g/mol. The Kier molecular flexibility index (Phi) is 5.51. The Morgan fingerprint density at radius 1 is 1.31 bits per heavy atom. The minimum atomic E-state index is -0.910. The molecule has 2 heterocycles. The minimum Gasteiger partial charge on any atom is -0.465 e. The Hall–Kier alpha value is -2.48. The lowest BCUT2D eigenvalue weighted by Crippen LogP contribution is -2.43. The van der Waals surface area contributed by atoms with E-state index < -0.39 is 12.1 Å². The number of carboxylic acid groups (broad SMARTS) is 1. The van der Waals surface area contributed by atoms with E-state index in [1.165, 1.54) is 23.2 Å². The van der Waals surface area contributed by atoms with Crippen molar-refractivity contribution in [2.45, 2.75) is 32.2 Å². The lowest BCUT2D eigenvalue weighted by molar-refractivity contribution is -0.119. The predicted molar refractivity (Wildman–Crippen MR) is 98.5 cm³/mol. The normalized spacial score (nSPS) is 16.4. The highest BCUT2D eigenvalue weighted by atomic mass is 32.1. The van der Waals surface area contributed by atoms with Crippen LogP contribution in [0.25, 0.3) is 10.2 Å². The van der Waals surface area contributed by atoms with Crippen molar-refractivity contribution in [3.63, 3.8) is 0 Å². The highest BCUT2D eigenvalue weighted by Crippen LogP contribution is 2.26. The van der Waals surface area contributed by atoms with Crippen LogP contribution >= 0.6 is 11.3 Å². The predicted octanol–water partition coefficient (Wildman–Crippen LogP) is 2.76. The number of Topliss-reactive ketones (excluding diaryl/α,β-unsaturated/α-hetero) is 1. The number of benzene rings is 1. The maximum absolute atomic E-state index is 12.9. The number of carbonyl (C=O) groups excluding carboxylic acids is 2. The minimum absolute atomic E-state index is 0.179. The van der Waals surface area contributed by atoms with Crippen LogP contribution in [0.2, 0.25) is 0 Å². The Labute approximate surface area is 155 Å². The van der Waals surface area contributed by atoms with Gasteiger partial charge in [-0.15, -0.1) is 11.3 Å². The van der Waals surface area contributed by atoms with Gasteiger partial charge in [-0.05, 0) is 37.3 Å². The van der Waals surface area contributed by atoms with Gasteiger partial charge in [-0.1, -0.05) is 12.1 Å². The molecule has 3 rings (SSSR count). The summed E-state index contributed by atoms with van der Waals surface area (Å²) in [6, 6.07) is 6.92. The summed E-state index contributed by atoms with van der Waals surface area (Å²) in [5, 5.41) is 12.2. The molecule has 1 unspecified atom stereocenters. The van der Waals surface area contributed by atoms with E-state index in [-0.39, 0.29) is 17.6 Å². The fourth-order valence-corrected chi connectivity index (χ4v) is 4.26. The second kappa shape index (κ2) is 7.82. The Bertz CT molecular complexity index is 794. The molecule has 1 aliphatic heterocycles. The molecule has 2 aromatic rings. The van der Waals surface area contributed by atoms with Gasteiger partial charge in [0.2, 0.25) is 11.7 Å². The van der Waals surface area contributed by atoms with E-state index in [9.17, 15) is 14.4 Å². The third-order valence-electron chi connectivity index (χ3n) is 4.65. The molecule has 0 aliphatic carbocycles. The molecule has 0 saturated carbocycles. The highest BCUT2D eigenvalue weighted by Gasteiger charge is 2.30. The molecule has 0 radical (unpaired) electrons. The molecule has 1 atom stereocenters. The molecule has 1 fully saturated rings. The maximum atomic E-state index is 12.9. The van der Waals surface area contributed by atoms with Gasteiger partial charge in [0.25, 0.3) is 0 Å². The standard InChI is InChI=1S/C18H21N3O4S/c1-11(22)19-14(10-12-6-8-21(9-7-12)18(24)25)16(23)17-20-13-4-2-3-5-15(13)26-17/h2-5,12,14H,6-10H2,1H3,(H,19,22)(H,24,25). The van der Waals surface area contributed by atoms with Gasteiger partial charge in [-0.25, -0.2) is 9.78 Å². The number of fused-ring (bicyclic) bond motifs is 1. The fourth-order valence-electron chi connectivity index (χ4n) is 3.30. The van der Waals surface area contributed by atoms with Crippen LogP contribution in [0.1, 0.15) is 36.0 Å². The van der Waals surface area contributed by atoms with Crippen LogP contribution in [0.15, 0.2) is 24.3 Å². The Morgan fingerprint density at radius 2 is 2.00 bits per heavy atom. The number of nitrogens with one attached hydrogen (secondary N) is 1. The number of aromatic nitrogens is 1. The van der Waals surface area contributed by atoms with Crippen molar-refractivity contribution in [3.8, 4) is 0 Å². The van der Waals surface area contributed by atoms with Gasteiger partial charge in [0.1, 0.15) is 0 Å². The molecular formula is C18H21N3O4S. The number of piperidine rings is 1. The summed E-state index contributed by atoms with van der Waals surface area (Å²) in [5.74, 6) is -0.240. The number of amides is 2. The number of likely N-dealkylation sites (tertiary alicyclic amines) is 1. The smallest absolute Gasteiger partial charge is 0.407 e. The first-order valence-corrected chi connectivity index (χ1v) is 9.40. The van der Waals surface area contributed by atoms with Crippen LogP contribution in [0.4, 0.5) is 4.79 Å². The first-order chi connectivity index (χ1) is 12.4. The molecule has 2 amide bonds. The lowest BCUT2D eigenvalue weighted by Gasteiger charge is -2.31. The van der Waals surface area contributed by atoms with Crippen molar-refractivity contribution in [2.24, 2.45) is 5.92 Å². The summed E-state index contributed by atoms with van der Waals surface area (Å²) in [5.41, 5.74) is 0.775. The summed E-state index contributed by atoms with van der Waals surface area (Å²) in [7, 11) is 0. The van der Waals surface area contributed by atoms with Crippen molar-refractivity contribution < 1.29 is 19.5 Å². The zero-order chi connectivity index (χ0) is 18.7. The lowest BCUT2D eigenvalue weighted by atomic mass is 9.89. The van der Waals surface area contributed by atoms with Gasteiger partial charge in [-0.3, -0.25) is 9.59 Å². The summed E-state index contributed by atoms with van der Waals surface area (Å²) >= 11 is 1.33. The Morgan fingerprint density at radius 3 is 2.62 bits per heavy atom. The molecule has 7 nitrogen and oxygen atoms in total. The zero-order valence-electron chi connectivity index (χ0n) is 14.5. The first kappa shape index (κ1) is 18.3. The van der Waals surface area contributed by atoms with Crippen LogP contribution in [-0.2, 0) is 4.79 Å². The molecule has 1 aromatic heterocycles. The summed E-state index contributed by atoms with van der Waals surface area (Å²) in [4.78, 5) is 41.3. The first-order valence-electron chi connectivity index (χ1n) is 8.59. The van der Waals surface area contributed by atoms with Crippen molar-refractivity contribution >= 4 is 39.3 Å². The molecule has 1 aliphatic rings. The van der Waals surface area contributed by atoms with E-state index in [0.29, 0.717) is 37.4 Å². The largest absolute Gasteiger partial charge is 0.465 e. The van der Waals surface area contributed by atoms with Gasteiger partial charge in [0.15, 0.2) is 5.01 Å². The fraction of sp³-hybridized carbons (Fsp3) is 0.444. The van der Waals surface area contributed by atoms with Gasteiger partial charge < -0.3 is 15.3 Å². The monoisotopic (exact) mass is 375 g/mol. The summed E-state index contributed by atoms with van der Waals surface area (Å²) in [6.07, 6.45) is 0.972. The second-order valence-electron chi connectivity index (χ2n) is 6.55. The third kappa shape index (κ3) is 4.19. The maximum Gasteiger partial charge on any atom is 0.407 e. The molecule has 0 bridgehead atoms. The van der Waals surface area contributed by atoms with Crippen molar-refractivity contribution in [2.75, 3.05) is 13.1 Å². The molecule has 1 saturated heterocycles. The average Bonchev–Trinajstić information content (AvgIpc) is 3.04. The number of hydrogen-bond acceptors (Lipinski definition) is 5. The van der Waals surface area contributed by atoms with Gasteiger partial charge in [0.05, 0.1) is 16.3 Å². The summed E-state index contributed by atoms with van der Waals surface area (Å²) in [6.45, 7) is 2.32. The van der Waals surface area contributed by atoms with E-state index in [1.54, 1.807) is 0 Å². The van der Waals surface area contributed by atoms with Crippen LogP contribution < -0.4 is 5.32 Å². The molecule has 2 N–H and O–H groups in total. The molecule has 8 heteroatoms. The van der Waals surface area contributed by atoms with E-state index in [2.05, 4.69) is 10.3 Å². The van der Waals surface area contributed by atoms with Gasteiger partial charge in [0, 0.05) is 20.0 Å². The number of rotatable bonds is 5. The number of para-hydroxylation sites is 1. The van der Waals surface area contributed by atoms with E-state index >= 15 is 0 Å². The van der Waals surface area contributed by atoms with Crippen LogP contribution in [0.5, 0.6) is 0 Å². The summed E-state index contributed by atoms with van der Waals surface area (Å²) < 4.78 is 0.937. The van der Waals surface area contributed by atoms with Crippen molar-refractivity contribution in [1.82, 2.24) is 15.2 Å². The quantitative estimate of drug-likeness (QED) is 0.783. The highest BCUT2D eigenvalue weighted by molar-refractivity contribution is 7.20. The SMILES string of the molecule is CC(=O)NC(CC1CCN(C(=O)O)CC1)C(=O)c1nc2ccccc2s1. The van der Waals surface area contributed by atoms with E-state index in [0.717, 1.165) is 10.2 Å². The van der Waals surface area contributed by atoms with Crippen molar-refractivity contribution in [1.29, 1.82) is 0 Å². The van der Waals surface area contributed by atoms with Crippen LogP contribution in [0.3, 0.4) is 0 Å². The zero-order valence-corrected chi connectivity index (χ0v) is 15.3. The molecule has 1 aromatic carbocycles. The van der Waals surface area contributed by atoms with Gasteiger partial charge >= 0.3 is 6.09 Å². The van der Waals surface area contributed by atoms with E-state index in [4.69, 9.17) is 5.11 Å². The Balaban J connectivity index is 1.72. The van der Waals surface area contributed by atoms with Crippen LogP contribution in [0, 0.1) is 5.92 Å². The third-order valence-corrected chi connectivity index (χ3v) is 5.70. The number of thiazole rings is 1. The molecule has 0 spiro atoms. The number of carbonyl (C=O) groups is 3. The topological polar surface area (TPSA) is 99.6 Å². The van der Waals surface area contributed by atoms with Crippen molar-refractivity contribution in [3.05, 3.63) is 29.3 Å². The van der Waals surface area contributed by atoms with Crippen LogP contribution in [-0.4, -0.2) is 51.9 Å². The number of hydrogen-bond donors (Lipinski definition) is 2. The number of ketones is 1.